The number of carbonyl (C=O) groups excluding carboxylic acids is 1. The summed E-state index contributed by atoms with van der Waals surface area (Å²) in [5, 5.41) is 3.37. The number of likely N-dealkylation sites (tertiary alicyclic amines) is 1. The predicted octanol–water partition coefficient (Wildman–Crippen LogP) is 3.26. The number of rotatable bonds is 4. The van der Waals surface area contributed by atoms with Crippen molar-refractivity contribution in [2.24, 2.45) is 0 Å². The van der Waals surface area contributed by atoms with Crippen LogP contribution in [0, 0.1) is 0 Å². The van der Waals surface area contributed by atoms with E-state index in [0.29, 0.717) is 36.6 Å². The van der Waals surface area contributed by atoms with Crippen molar-refractivity contribution in [2.75, 3.05) is 19.6 Å². The topological polar surface area (TPSA) is 73.7 Å². The second-order valence-electron chi connectivity index (χ2n) is 9.26. The zero-order valence-corrected chi connectivity index (χ0v) is 18.9. The number of nitrogens with zero attached hydrogens (tertiary/aromatic N) is 4. The van der Waals surface area contributed by atoms with Gasteiger partial charge in [0.25, 0.3) is 5.56 Å². The maximum Gasteiger partial charge on any atom is 0.277 e. The molecule has 0 saturated carbocycles. The van der Waals surface area contributed by atoms with Crippen LogP contribution in [0.25, 0.3) is 5.65 Å². The molecule has 0 aliphatic carbocycles. The monoisotopic (exact) mass is 433 g/mol. The molecule has 7 nitrogen and oxygen atoms in total. The fourth-order valence-electron chi connectivity index (χ4n) is 5.24. The largest absolute Gasteiger partial charge is 0.338 e. The smallest absolute Gasteiger partial charge is 0.277 e. The standard InChI is InChI=1S/C25H31N5O2/c1-17(19-8-4-3-5-9-19)15-29-12-7-6-10-23(29)22-14-24-26-21-11-13-28(18(2)31)16-20(21)25(32)30(24)27-22/h3-5,8-9,14,17,23,27H,6-7,10-13,15-16H2,1-2H3/t17-,23-/m0/s1. The van der Waals surface area contributed by atoms with Crippen molar-refractivity contribution in [3.05, 3.63) is 69.3 Å². The lowest BCUT2D eigenvalue weighted by Crippen LogP contribution is -2.39. The molecule has 2 aliphatic heterocycles. The van der Waals surface area contributed by atoms with Crippen LogP contribution < -0.4 is 5.56 Å². The number of benzene rings is 1. The summed E-state index contributed by atoms with van der Waals surface area (Å²) >= 11 is 0. The Bertz CT molecular complexity index is 1180. The van der Waals surface area contributed by atoms with Gasteiger partial charge in [0, 0.05) is 32.5 Å². The van der Waals surface area contributed by atoms with Gasteiger partial charge in [-0.1, -0.05) is 43.7 Å². The molecule has 0 radical (unpaired) electrons. The third-order valence-electron chi connectivity index (χ3n) is 7.08. The van der Waals surface area contributed by atoms with Crippen molar-refractivity contribution >= 4 is 11.6 Å². The Morgan fingerprint density at radius 3 is 2.81 bits per heavy atom. The van der Waals surface area contributed by atoms with Gasteiger partial charge in [0.05, 0.1) is 29.5 Å². The van der Waals surface area contributed by atoms with Crippen molar-refractivity contribution in [3.63, 3.8) is 0 Å². The van der Waals surface area contributed by atoms with E-state index in [0.717, 1.165) is 30.9 Å². The summed E-state index contributed by atoms with van der Waals surface area (Å²) in [6.07, 6.45) is 4.08. The van der Waals surface area contributed by atoms with E-state index < -0.39 is 0 Å². The van der Waals surface area contributed by atoms with Gasteiger partial charge in [-0.05, 0) is 30.9 Å². The molecular formula is C25H31N5O2. The number of fused-ring (bicyclic) bond motifs is 2. The van der Waals surface area contributed by atoms with Gasteiger partial charge in [-0.3, -0.25) is 19.6 Å². The molecule has 0 spiro atoms. The molecule has 32 heavy (non-hydrogen) atoms. The first-order chi connectivity index (χ1) is 15.5. The summed E-state index contributed by atoms with van der Waals surface area (Å²) in [6, 6.07) is 13.0. The second-order valence-corrected chi connectivity index (χ2v) is 9.26. The van der Waals surface area contributed by atoms with Crippen LogP contribution in [0.5, 0.6) is 0 Å². The molecule has 0 bridgehead atoms. The van der Waals surface area contributed by atoms with Crippen LogP contribution in [0.4, 0.5) is 0 Å². The van der Waals surface area contributed by atoms with E-state index in [1.807, 2.05) is 0 Å². The summed E-state index contributed by atoms with van der Waals surface area (Å²) in [5.74, 6) is 0.435. The lowest BCUT2D eigenvalue weighted by atomic mass is 9.95. The Balaban J connectivity index is 1.44. The first kappa shape index (κ1) is 20.9. The van der Waals surface area contributed by atoms with Gasteiger partial charge in [0.1, 0.15) is 0 Å². The van der Waals surface area contributed by atoms with Crippen LogP contribution in [-0.4, -0.2) is 49.9 Å². The number of carbonyl (C=O) groups is 1. The van der Waals surface area contributed by atoms with Crippen molar-refractivity contribution in [1.82, 2.24) is 24.4 Å². The highest BCUT2D eigenvalue weighted by Crippen LogP contribution is 2.32. The summed E-state index contributed by atoms with van der Waals surface area (Å²) in [6.45, 7) is 6.84. The van der Waals surface area contributed by atoms with Crippen LogP contribution in [0.1, 0.15) is 67.6 Å². The number of nitrogens with one attached hydrogen (secondary N) is 1. The maximum absolute atomic E-state index is 13.2. The SMILES string of the molecule is CC(=O)N1CCc2nc3cc([C@@H]4CCCCN4C[C@H](C)c4ccccc4)[nH]n3c(=O)c2C1. The van der Waals surface area contributed by atoms with E-state index >= 15 is 0 Å². The van der Waals surface area contributed by atoms with E-state index in [-0.39, 0.29) is 17.5 Å². The minimum atomic E-state index is -0.0813. The van der Waals surface area contributed by atoms with Crippen molar-refractivity contribution < 1.29 is 4.79 Å². The lowest BCUT2D eigenvalue weighted by molar-refractivity contribution is -0.129. The van der Waals surface area contributed by atoms with Crippen molar-refractivity contribution in [3.8, 4) is 0 Å². The fraction of sp³-hybridized carbons (Fsp3) is 0.480. The lowest BCUT2D eigenvalue weighted by Gasteiger charge is -2.36. The van der Waals surface area contributed by atoms with Gasteiger partial charge in [-0.15, -0.1) is 0 Å². The molecule has 1 amide bonds. The number of aromatic nitrogens is 3. The van der Waals surface area contributed by atoms with Gasteiger partial charge in [0.15, 0.2) is 5.65 Å². The number of aromatic amines is 1. The molecule has 4 heterocycles. The fourth-order valence-corrected chi connectivity index (χ4v) is 5.24. The van der Waals surface area contributed by atoms with Gasteiger partial charge in [-0.2, -0.15) is 0 Å². The molecule has 5 rings (SSSR count). The molecule has 3 aromatic rings. The highest BCUT2D eigenvalue weighted by Gasteiger charge is 2.29. The summed E-state index contributed by atoms with van der Waals surface area (Å²) in [7, 11) is 0. The molecule has 2 atom stereocenters. The molecule has 1 N–H and O–H groups in total. The molecule has 168 valence electrons. The minimum Gasteiger partial charge on any atom is -0.338 e. The molecular weight excluding hydrogens is 402 g/mol. The molecule has 1 saturated heterocycles. The van der Waals surface area contributed by atoms with Crippen LogP contribution in [0.15, 0.2) is 41.2 Å². The summed E-state index contributed by atoms with van der Waals surface area (Å²) in [5.41, 5.74) is 4.48. The van der Waals surface area contributed by atoms with Gasteiger partial charge < -0.3 is 4.90 Å². The Morgan fingerprint density at radius 2 is 2.03 bits per heavy atom. The van der Waals surface area contributed by atoms with Crippen molar-refractivity contribution in [2.45, 2.75) is 58.0 Å². The Morgan fingerprint density at radius 1 is 1.22 bits per heavy atom. The van der Waals surface area contributed by atoms with E-state index in [1.54, 1.807) is 16.3 Å². The van der Waals surface area contributed by atoms with E-state index in [2.05, 4.69) is 53.3 Å². The Kier molecular flexibility index (Phi) is 5.59. The third kappa shape index (κ3) is 3.86. The summed E-state index contributed by atoms with van der Waals surface area (Å²) in [4.78, 5) is 34.1. The first-order valence-electron chi connectivity index (χ1n) is 11.7. The number of hydrogen-bond acceptors (Lipinski definition) is 4. The summed E-state index contributed by atoms with van der Waals surface area (Å²) < 4.78 is 1.57. The van der Waals surface area contributed by atoms with E-state index in [1.165, 1.54) is 18.4 Å². The van der Waals surface area contributed by atoms with Gasteiger partial charge in [-0.25, -0.2) is 9.50 Å². The maximum atomic E-state index is 13.2. The Hall–Kier alpha value is -2.93. The second kappa shape index (κ2) is 8.54. The predicted molar refractivity (Wildman–Crippen MR) is 124 cm³/mol. The van der Waals surface area contributed by atoms with Crippen LogP contribution in [0.3, 0.4) is 0 Å². The number of H-pyrrole nitrogens is 1. The minimum absolute atomic E-state index is 0.00212. The van der Waals surface area contributed by atoms with Crippen LogP contribution in [-0.2, 0) is 17.8 Å². The Labute approximate surface area is 188 Å². The molecule has 1 aromatic carbocycles. The highest BCUT2D eigenvalue weighted by molar-refractivity contribution is 5.73. The number of piperidine rings is 1. The number of hydrogen-bond donors (Lipinski definition) is 1. The number of amides is 1. The van der Waals surface area contributed by atoms with Gasteiger partial charge in [0.2, 0.25) is 5.91 Å². The molecule has 0 unspecified atom stereocenters. The molecule has 2 aliphatic rings. The average molecular weight is 434 g/mol. The van der Waals surface area contributed by atoms with Crippen LogP contribution >= 0.6 is 0 Å². The highest BCUT2D eigenvalue weighted by atomic mass is 16.2. The van der Waals surface area contributed by atoms with Crippen LogP contribution in [0.2, 0.25) is 0 Å². The normalized spacial score (nSPS) is 20.3. The first-order valence-corrected chi connectivity index (χ1v) is 11.7. The molecule has 2 aromatic heterocycles. The molecule has 1 fully saturated rings. The van der Waals surface area contributed by atoms with Crippen molar-refractivity contribution in [1.29, 1.82) is 0 Å². The quantitative estimate of drug-likeness (QED) is 0.685. The third-order valence-corrected chi connectivity index (χ3v) is 7.08. The zero-order valence-electron chi connectivity index (χ0n) is 18.9. The van der Waals surface area contributed by atoms with Gasteiger partial charge >= 0.3 is 0 Å². The van der Waals surface area contributed by atoms with E-state index in [4.69, 9.17) is 4.98 Å². The van der Waals surface area contributed by atoms with E-state index in [9.17, 15) is 9.59 Å². The zero-order chi connectivity index (χ0) is 22.2. The average Bonchev–Trinajstić information content (AvgIpc) is 3.24. The molecule has 7 heteroatoms.